The van der Waals surface area contributed by atoms with Crippen LogP contribution in [0.3, 0.4) is 0 Å². The molecule has 4 aliphatic rings. The van der Waals surface area contributed by atoms with Crippen LogP contribution < -0.4 is 10.6 Å². The summed E-state index contributed by atoms with van der Waals surface area (Å²) >= 11 is 1.47. The Morgan fingerprint density at radius 1 is 0.879 bits per heavy atom. The van der Waals surface area contributed by atoms with Crippen molar-refractivity contribution in [2.24, 2.45) is 17.8 Å². The van der Waals surface area contributed by atoms with E-state index in [1.165, 1.54) is 101 Å². The molecule has 0 saturated heterocycles. The lowest BCUT2D eigenvalue weighted by Gasteiger charge is -2.56. The zero-order valence-electron chi connectivity index (χ0n) is 20.5. The molecule has 5 rings (SSSR count). The van der Waals surface area contributed by atoms with E-state index in [-0.39, 0.29) is 5.41 Å². The monoisotopic (exact) mass is 473 g/mol. The molecular formula is C27H43N3O2S. The predicted molar refractivity (Wildman–Crippen MR) is 135 cm³/mol. The van der Waals surface area contributed by atoms with Gasteiger partial charge in [-0.1, -0.05) is 64.7 Å². The summed E-state index contributed by atoms with van der Waals surface area (Å²) in [6, 6.07) is 0. The second-order valence-corrected chi connectivity index (χ2v) is 12.0. The van der Waals surface area contributed by atoms with Gasteiger partial charge >= 0.3 is 11.8 Å². The number of aromatic nitrogens is 1. The van der Waals surface area contributed by atoms with Crippen molar-refractivity contribution in [3.05, 3.63) is 11.1 Å². The molecular weight excluding hydrogens is 430 g/mol. The van der Waals surface area contributed by atoms with Gasteiger partial charge in [0.2, 0.25) is 0 Å². The van der Waals surface area contributed by atoms with Gasteiger partial charge in [0.25, 0.3) is 0 Å². The summed E-state index contributed by atoms with van der Waals surface area (Å²) in [5.41, 5.74) is 1.39. The molecule has 184 valence electrons. The highest BCUT2D eigenvalue weighted by Crippen LogP contribution is 2.60. The Balaban J connectivity index is 1.11. The molecule has 6 heteroatoms. The van der Waals surface area contributed by atoms with Crippen LogP contribution in [0.25, 0.3) is 0 Å². The Morgan fingerprint density at radius 2 is 1.42 bits per heavy atom. The number of rotatable bonds is 13. The van der Waals surface area contributed by atoms with Crippen LogP contribution in [0.1, 0.15) is 115 Å². The maximum absolute atomic E-state index is 12.3. The Bertz CT molecular complexity index is 755. The van der Waals surface area contributed by atoms with Gasteiger partial charge in [-0.15, -0.1) is 11.3 Å². The number of thiazole rings is 1. The molecule has 4 bridgehead atoms. The summed E-state index contributed by atoms with van der Waals surface area (Å²) in [6.45, 7) is 2.82. The first kappa shape index (κ1) is 24.7. The molecule has 2 amide bonds. The largest absolute Gasteiger partial charge is 0.348 e. The number of unbranched alkanes of at least 4 members (excludes halogenated alkanes) is 9. The molecule has 0 atom stereocenters. The first-order chi connectivity index (χ1) is 16.1. The predicted octanol–water partition coefficient (Wildman–Crippen LogP) is 6.59. The maximum atomic E-state index is 12.3. The molecule has 33 heavy (non-hydrogen) atoms. The van der Waals surface area contributed by atoms with Gasteiger partial charge in [0.05, 0.1) is 5.69 Å². The van der Waals surface area contributed by atoms with Crippen LogP contribution in [-0.4, -0.2) is 23.3 Å². The van der Waals surface area contributed by atoms with E-state index in [4.69, 9.17) is 4.98 Å². The lowest BCUT2D eigenvalue weighted by Crippen LogP contribution is -2.48. The molecule has 0 aromatic carbocycles. The SMILES string of the molecule is CCCCCCCCCCCCNC(=O)C(=O)Nc1nc(C23CC4CC(CC(C4)C2)C3)cs1. The van der Waals surface area contributed by atoms with Crippen LogP contribution in [0.15, 0.2) is 5.38 Å². The number of carbonyl (C=O) groups is 2. The molecule has 1 heterocycles. The van der Waals surface area contributed by atoms with Gasteiger partial charge in [0.15, 0.2) is 5.13 Å². The number of carbonyl (C=O) groups excluding carboxylic acids is 2. The van der Waals surface area contributed by atoms with E-state index in [9.17, 15) is 9.59 Å². The molecule has 4 fully saturated rings. The zero-order valence-corrected chi connectivity index (χ0v) is 21.3. The Labute approximate surface area is 203 Å². The van der Waals surface area contributed by atoms with Crippen molar-refractivity contribution in [2.75, 3.05) is 11.9 Å². The highest BCUT2D eigenvalue weighted by atomic mass is 32.1. The lowest BCUT2D eigenvalue weighted by atomic mass is 9.49. The van der Waals surface area contributed by atoms with E-state index >= 15 is 0 Å². The third kappa shape index (κ3) is 6.58. The Morgan fingerprint density at radius 3 is 2.00 bits per heavy atom. The van der Waals surface area contributed by atoms with Gasteiger partial charge < -0.3 is 5.32 Å². The standard InChI is InChI=1S/C27H43N3O2S/c1-2-3-4-5-6-7-8-9-10-11-12-28-24(31)25(32)30-26-29-23(19-33-26)27-16-20-13-21(17-27)15-22(14-20)18-27/h19-22H,2-18H2,1H3,(H,28,31)(H,29,30,32). The van der Waals surface area contributed by atoms with Gasteiger partial charge in [-0.3, -0.25) is 14.9 Å². The fourth-order valence-electron chi connectivity index (χ4n) is 7.05. The third-order valence-electron chi connectivity index (χ3n) is 8.33. The molecule has 4 aliphatic carbocycles. The topological polar surface area (TPSA) is 71.1 Å². The summed E-state index contributed by atoms with van der Waals surface area (Å²) in [4.78, 5) is 29.3. The Kier molecular flexibility index (Phi) is 8.84. The van der Waals surface area contributed by atoms with Crippen LogP contribution in [-0.2, 0) is 15.0 Å². The van der Waals surface area contributed by atoms with Crippen molar-refractivity contribution >= 4 is 28.3 Å². The zero-order chi connectivity index (χ0) is 23.1. The fourth-order valence-corrected chi connectivity index (χ4v) is 7.88. The molecule has 1 aromatic rings. The molecule has 0 unspecified atom stereocenters. The van der Waals surface area contributed by atoms with E-state index < -0.39 is 11.8 Å². The highest BCUT2D eigenvalue weighted by Gasteiger charge is 2.52. The smallest absolute Gasteiger partial charge is 0.315 e. The summed E-state index contributed by atoms with van der Waals surface area (Å²) in [6.07, 6.45) is 20.6. The van der Waals surface area contributed by atoms with Crippen molar-refractivity contribution in [1.82, 2.24) is 10.3 Å². The molecule has 4 saturated carbocycles. The molecule has 0 spiro atoms. The average Bonchev–Trinajstić information content (AvgIpc) is 3.26. The van der Waals surface area contributed by atoms with Crippen LogP contribution in [0.5, 0.6) is 0 Å². The van der Waals surface area contributed by atoms with Gasteiger partial charge in [-0.25, -0.2) is 4.98 Å². The molecule has 0 radical (unpaired) electrons. The summed E-state index contributed by atoms with van der Waals surface area (Å²) in [7, 11) is 0. The third-order valence-corrected chi connectivity index (χ3v) is 9.09. The molecule has 0 aliphatic heterocycles. The highest BCUT2D eigenvalue weighted by molar-refractivity contribution is 7.14. The van der Waals surface area contributed by atoms with Gasteiger partial charge in [-0.2, -0.15) is 0 Å². The van der Waals surface area contributed by atoms with E-state index in [0.717, 1.165) is 36.3 Å². The minimum atomic E-state index is -0.589. The summed E-state index contributed by atoms with van der Waals surface area (Å²) < 4.78 is 0. The van der Waals surface area contributed by atoms with Crippen molar-refractivity contribution in [3.8, 4) is 0 Å². The lowest BCUT2D eigenvalue weighted by molar-refractivity contribution is -0.136. The van der Waals surface area contributed by atoms with Crippen LogP contribution in [0, 0.1) is 17.8 Å². The van der Waals surface area contributed by atoms with Crippen molar-refractivity contribution in [1.29, 1.82) is 0 Å². The molecule has 5 nitrogen and oxygen atoms in total. The number of hydrogen-bond acceptors (Lipinski definition) is 4. The van der Waals surface area contributed by atoms with Crippen LogP contribution in [0.4, 0.5) is 5.13 Å². The number of nitrogens with zero attached hydrogens (tertiary/aromatic N) is 1. The second-order valence-electron chi connectivity index (χ2n) is 11.1. The van der Waals surface area contributed by atoms with E-state index in [1.54, 1.807) is 0 Å². The quantitative estimate of drug-likeness (QED) is 0.251. The van der Waals surface area contributed by atoms with Crippen molar-refractivity contribution < 1.29 is 9.59 Å². The molecule has 2 N–H and O–H groups in total. The first-order valence-corrected chi connectivity index (χ1v) is 14.5. The summed E-state index contributed by atoms with van der Waals surface area (Å²) in [5, 5.41) is 8.21. The maximum Gasteiger partial charge on any atom is 0.315 e. The van der Waals surface area contributed by atoms with E-state index in [2.05, 4.69) is 22.9 Å². The van der Waals surface area contributed by atoms with Gasteiger partial charge in [-0.05, 0) is 62.7 Å². The van der Waals surface area contributed by atoms with E-state index in [0.29, 0.717) is 11.7 Å². The van der Waals surface area contributed by atoms with E-state index in [1.807, 2.05) is 0 Å². The normalized spacial score (nSPS) is 27.6. The molecule has 1 aromatic heterocycles. The average molecular weight is 474 g/mol. The second kappa shape index (κ2) is 11.8. The van der Waals surface area contributed by atoms with Gasteiger partial charge in [0, 0.05) is 17.3 Å². The summed E-state index contributed by atoms with van der Waals surface area (Å²) in [5.74, 6) is 1.47. The minimum Gasteiger partial charge on any atom is -0.348 e. The van der Waals surface area contributed by atoms with Crippen LogP contribution in [0.2, 0.25) is 0 Å². The van der Waals surface area contributed by atoms with Crippen molar-refractivity contribution in [2.45, 2.75) is 115 Å². The number of amides is 2. The number of anilines is 1. The number of nitrogens with one attached hydrogen (secondary N) is 2. The van der Waals surface area contributed by atoms with Crippen molar-refractivity contribution in [3.63, 3.8) is 0 Å². The van der Waals surface area contributed by atoms with Gasteiger partial charge in [0.1, 0.15) is 0 Å². The van der Waals surface area contributed by atoms with Crippen LogP contribution >= 0.6 is 11.3 Å². The number of hydrogen-bond donors (Lipinski definition) is 2. The minimum absolute atomic E-state index is 0.228. The first-order valence-electron chi connectivity index (χ1n) is 13.6. The Hall–Kier alpha value is -1.43. The fraction of sp³-hybridized carbons (Fsp3) is 0.815.